The number of nitrogens with zero attached hydrogens (tertiary/aromatic N) is 2. The van der Waals surface area contributed by atoms with Gasteiger partial charge < -0.3 is 4.52 Å². The van der Waals surface area contributed by atoms with E-state index in [-0.39, 0.29) is 5.38 Å². The van der Waals surface area contributed by atoms with Crippen molar-refractivity contribution in [1.29, 1.82) is 0 Å². The van der Waals surface area contributed by atoms with Gasteiger partial charge in [0, 0.05) is 5.92 Å². The van der Waals surface area contributed by atoms with Crippen LogP contribution in [0, 0.1) is 5.92 Å². The minimum absolute atomic E-state index is 0.111. The van der Waals surface area contributed by atoms with Gasteiger partial charge in [0.05, 0.1) is 5.38 Å². The summed E-state index contributed by atoms with van der Waals surface area (Å²) in [5.41, 5.74) is 0. The van der Waals surface area contributed by atoms with Gasteiger partial charge in [0.15, 0.2) is 5.82 Å². The molecule has 0 aliphatic heterocycles. The zero-order valence-corrected chi connectivity index (χ0v) is 10.7. The Bertz CT molecular complexity index is 332. The highest BCUT2D eigenvalue weighted by Crippen LogP contribution is 2.35. The molecule has 1 aliphatic carbocycles. The fraction of sp³-hybridized carbons (Fsp3) is 0.833. The van der Waals surface area contributed by atoms with Crippen LogP contribution in [0.4, 0.5) is 0 Å². The van der Waals surface area contributed by atoms with E-state index < -0.39 is 0 Å². The second-order valence-electron chi connectivity index (χ2n) is 4.82. The molecule has 0 spiro atoms. The molecule has 0 aromatic carbocycles. The van der Waals surface area contributed by atoms with Crippen LogP contribution in [0.3, 0.4) is 0 Å². The predicted molar refractivity (Wildman–Crippen MR) is 63.6 cm³/mol. The topological polar surface area (TPSA) is 38.9 Å². The molecule has 0 N–H and O–H groups in total. The number of alkyl halides is 1. The Kier molecular flexibility index (Phi) is 3.85. The molecule has 0 radical (unpaired) electrons. The van der Waals surface area contributed by atoms with E-state index >= 15 is 0 Å². The largest absolute Gasteiger partial charge is 0.339 e. The fourth-order valence-corrected chi connectivity index (χ4v) is 2.32. The van der Waals surface area contributed by atoms with Crippen molar-refractivity contribution in [3.8, 4) is 0 Å². The van der Waals surface area contributed by atoms with E-state index in [9.17, 15) is 0 Å². The van der Waals surface area contributed by atoms with Gasteiger partial charge >= 0.3 is 0 Å². The SMILES string of the molecule is CCC(Cl)c1noc(C2CCC(C)CC2)n1. The van der Waals surface area contributed by atoms with E-state index in [1.54, 1.807) is 0 Å². The van der Waals surface area contributed by atoms with E-state index in [4.69, 9.17) is 16.1 Å². The Labute approximate surface area is 102 Å². The van der Waals surface area contributed by atoms with Crippen molar-refractivity contribution in [2.24, 2.45) is 5.92 Å². The Hall–Kier alpha value is -0.570. The molecule has 0 bridgehead atoms. The highest BCUT2D eigenvalue weighted by molar-refractivity contribution is 6.20. The summed E-state index contributed by atoms with van der Waals surface area (Å²) < 4.78 is 5.32. The molecule has 4 heteroatoms. The summed E-state index contributed by atoms with van der Waals surface area (Å²) in [6, 6.07) is 0. The van der Waals surface area contributed by atoms with Crippen molar-refractivity contribution in [3.63, 3.8) is 0 Å². The molecular weight excluding hydrogens is 224 g/mol. The molecule has 1 heterocycles. The summed E-state index contributed by atoms with van der Waals surface area (Å²) in [4.78, 5) is 4.42. The lowest BCUT2D eigenvalue weighted by Gasteiger charge is -2.23. The summed E-state index contributed by atoms with van der Waals surface area (Å²) in [6.45, 7) is 4.33. The summed E-state index contributed by atoms with van der Waals surface area (Å²) in [5.74, 6) is 2.74. The third kappa shape index (κ3) is 2.57. The smallest absolute Gasteiger partial charge is 0.229 e. The number of rotatable bonds is 3. The van der Waals surface area contributed by atoms with Crippen LogP contribution in [0.2, 0.25) is 0 Å². The van der Waals surface area contributed by atoms with E-state index in [0.717, 1.165) is 18.2 Å². The second-order valence-corrected chi connectivity index (χ2v) is 5.35. The Morgan fingerprint density at radius 2 is 2.06 bits per heavy atom. The Balaban J connectivity index is 2.01. The molecule has 1 unspecified atom stereocenters. The van der Waals surface area contributed by atoms with Gasteiger partial charge in [0.1, 0.15) is 0 Å². The van der Waals surface area contributed by atoms with Crippen molar-refractivity contribution in [2.75, 3.05) is 0 Å². The second kappa shape index (κ2) is 5.17. The molecule has 1 aliphatic rings. The molecule has 2 rings (SSSR count). The number of halogens is 1. The van der Waals surface area contributed by atoms with Crippen molar-refractivity contribution in [2.45, 2.75) is 57.2 Å². The lowest BCUT2D eigenvalue weighted by atomic mass is 9.83. The lowest BCUT2D eigenvalue weighted by Crippen LogP contribution is -2.11. The van der Waals surface area contributed by atoms with Crippen LogP contribution in [0.1, 0.15) is 69.0 Å². The average Bonchev–Trinajstić information content (AvgIpc) is 2.78. The molecule has 3 nitrogen and oxygen atoms in total. The van der Waals surface area contributed by atoms with Crippen molar-refractivity contribution in [1.82, 2.24) is 10.1 Å². The third-order valence-corrected chi connectivity index (χ3v) is 3.96. The molecule has 90 valence electrons. The normalized spacial score (nSPS) is 27.9. The molecule has 0 saturated heterocycles. The fourth-order valence-electron chi connectivity index (χ4n) is 2.23. The van der Waals surface area contributed by atoms with Gasteiger partial charge in [-0.05, 0) is 38.0 Å². The van der Waals surface area contributed by atoms with Crippen molar-refractivity contribution >= 4 is 11.6 Å². The van der Waals surface area contributed by atoms with Gasteiger partial charge in [0.2, 0.25) is 5.89 Å². The molecular formula is C12H19ClN2O. The van der Waals surface area contributed by atoms with Crippen LogP contribution in [0.15, 0.2) is 4.52 Å². The maximum Gasteiger partial charge on any atom is 0.229 e. The zero-order valence-electron chi connectivity index (χ0n) is 9.95. The predicted octanol–water partition coefficient (Wildman–Crippen LogP) is 4.05. The summed E-state index contributed by atoms with van der Waals surface area (Å²) >= 11 is 6.08. The van der Waals surface area contributed by atoms with Crippen LogP contribution in [0.5, 0.6) is 0 Å². The molecule has 16 heavy (non-hydrogen) atoms. The van der Waals surface area contributed by atoms with E-state index in [0.29, 0.717) is 11.7 Å². The van der Waals surface area contributed by atoms with E-state index in [1.807, 2.05) is 6.92 Å². The van der Waals surface area contributed by atoms with Gasteiger partial charge in [-0.25, -0.2) is 0 Å². The van der Waals surface area contributed by atoms with Gasteiger partial charge in [-0.3, -0.25) is 0 Å². The summed E-state index contributed by atoms with van der Waals surface area (Å²) in [5, 5.41) is 3.85. The zero-order chi connectivity index (χ0) is 11.5. The first kappa shape index (κ1) is 11.9. The highest BCUT2D eigenvalue weighted by atomic mass is 35.5. The van der Waals surface area contributed by atoms with Crippen LogP contribution in [-0.2, 0) is 0 Å². The summed E-state index contributed by atoms with van der Waals surface area (Å²) in [6.07, 6.45) is 5.70. The monoisotopic (exact) mass is 242 g/mol. The van der Waals surface area contributed by atoms with Crippen molar-refractivity contribution in [3.05, 3.63) is 11.7 Å². The maximum atomic E-state index is 6.08. The maximum absolute atomic E-state index is 6.08. The van der Waals surface area contributed by atoms with Crippen LogP contribution >= 0.6 is 11.6 Å². The molecule has 0 amide bonds. The highest BCUT2D eigenvalue weighted by Gasteiger charge is 2.25. The Morgan fingerprint density at radius 3 is 2.69 bits per heavy atom. The van der Waals surface area contributed by atoms with Gasteiger partial charge in [-0.1, -0.05) is 19.0 Å². The van der Waals surface area contributed by atoms with Crippen LogP contribution < -0.4 is 0 Å². The Morgan fingerprint density at radius 1 is 1.38 bits per heavy atom. The van der Waals surface area contributed by atoms with Crippen LogP contribution in [0.25, 0.3) is 0 Å². The van der Waals surface area contributed by atoms with E-state index in [1.165, 1.54) is 25.7 Å². The molecule has 1 aromatic rings. The average molecular weight is 243 g/mol. The number of hydrogen-bond donors (Lipinski definition) is 0. The lowest BCUT2D eigenvalue weighted by molar-refractivity contribution is 0.280. The summed E-state index contributed by atoms with van der Waals surface area (Å²) in [7, 11) is 0. The van der Waals surface area contributed by atoms with Crippen LogP contribution in [-0.4, -0.2) is 10.1 Å². The first-order valence-electron chi connectivity index (χ1n) is 6.18. The molecule has 1 saturated carbocycles. The quantitative estimate of drug-likeness (QED) is 0.751. The van der Waals surface area contributed by atoms with Gasteiger partial charge in [0.25, 0.3) is 0 Å². The molecule has 1 atom stereocenters. The van der Waals surface area contributed by atoms with Crippen molar-refractivity contribution < 1.29 is 4.52 Å². The first-order chi connectivity index (χ1) is 7.70. The minimum Gasteiger partial charge on any atom is -0.339 e. The molecule has 1 fully saturated rings. The van der Waals surface area contributed by atoms with Gasteiger partial charge in [-0.2, -0.15) is 4.98 Å². The number of hydrogen-bond acceptors (Lipinski definition) is 3. The van der Waals surface area contributed by atoms with E-state index in [2.05, 4.69) is 17.1 Å². The standard InChI is InChI=1S/C12H19ClN2O/c1-3-10(13)11-14-12(16-15-11)9-6-4-8(2)5-7-9/h8-10H,3-7H2,1-2H3. The molecule has 1 aromatic heterocycles. The number of aromatic nitrogens is 2. The first-order valence-corrected chi connectivity index (χ1v) is 6.62. The minimum atomic E-state index is -0.111. The third-order valence-electron chi connectivity index (χ3n) is 3.46. The van der Waals surface area contributed by atoms with Gasteiger partial charge in [-0.15, -0.1) is 11.6 Å².